The van der Waals surface area contributed by atoms with Crippen LogP contribution in [0.1, 0.15) is 30.8 Å². The van der Waals surface area contributed by atoms with Crippen molar-refractivity contribution in [1.82, 2.24) is 10.6 Å². The van der Waals surface area contributed by atoms with Crippen LogP contribution in [-0.2, 0) is 11.3 Å². The van der Waals surface area contributed by atoms with Crippen molar-refractivity contribution < 1.29 is 9.15 Å². The van der Waals surface area contributed by atoms with Crippen LogP contribution in [0, 0.1) is 5.92 Å². The number of nitrogens with one attached hydrogen (secondary N) is 2. The maximum absolute atomic E-state index is 5.95. The van der Waals surface area contributed by atoms with Gasteiger partial charge >= 0.3 is 0 Å². The predicted octanol–water partition coefficient (Wildman–Crippen LogP) is 3.73. The lowest BCUT2D eigenvalue weighted by atomic mass is 9.95. The van der Waals surface area contributed by atoms with Gasteiger partial charge in [-0.25, -0.2) is 4.99 Å². The van der Waals surface area contributed by atoms with E-state index in [4.69, 9.17) is 9.15 Å². The summed E-state index contributed by atoms with van der Waals surface area (Å²) in [6.45, 7) is 5.07. The highest BCUT2D eigenvalue weighted by Gasteiger charge is 2.29. The van der Waals surface area contributed by atoms with Gasteiger partial charge in [-0.1, -0.05) is 30.3 Å². The number of nitrogens with zero attached hydrogens (tertiary/aromatic N) is 1. The van der Waals surface area contributed by atoms with E-state index < -0.39 is 0 Å². The molecule has 1 aliphatic heterocycles. The maximum Gasteiger partial charge on any atom is 0.191 e. The molecule has 1 aliphatic rings. The SMILES string of the molecule is CCNC(=NCc1ccco1)NCC1CCOC1c1ccccc1.I. The van der Waals surface area contributed by atoms with Crippen LogP contribution in [0.25, 0.3) is 0 Å². The van der Waals surface area contributed by atoms with Crippen molar-refractivity contribution in [3.8, 4) is 0 Å². The van der Waals surface area contributed by atoms with Crippen molar-refractivity contribution in [3.05, 3.63) is 60.1 Å². The van der Waals surface area contributed by atoms with E-state index >= 15 is 0 Å². The number of halogens is 1. The average molecular weight is 455 g/mol. The Bertz CT molecular complexity index is 631. The molecule has 0 amide bonds. The van der Waals surface area contributed by atoms with E-state index in [2.05, 4.69) is 46.8 Å². The molecule has 136 valence electrons. The van der Waals surface area contributed by atoms with Gasteiger partial charge in [-0.05, 0) is 31.0 Å². The van der Waals surface area contributed by atoms with Gasteiger partial charge in [0.15, 0.2) is 5.96 Å². The van der Waals surface area contributed by atoms with Crippen LogP contribution in [0.15, 0.2) is 58.1 Å². The third kappa shape index (κ3) is 5.74. The van der Waals surface area contributed by atoms with Crippen molar-refractivity contribution in [2.24, 2.45) is 10.9 Å². The molecule has 1 fully saturated rings. The average Bonchev–Trinajstić information content (AvgIpc) is 3.29. The highest BCUT2D eigenvalue weighted by Crippen LogP contribution is 2.33. The standard InChI is InChI=1S/C19H25N3O2.HI/c1-2-20-19(22-14-17-9-6-11-23-17)21-13-16-10-12-24-18(16)15-7-4-3-5-8-15;/h3-9,11,16,18H,2,10,12-14H2,1H3,(H2,20,21,22);1H. The van der Waals surface area contributed by atoms with Crippen LogP contribution in [0.5, 0.6) is 0 Å². The lowest BCUT2D eigenvalue weighted by Crippen LogP contribution is -2.40. The first kappa shape index (κ1) is 19.8. The minimum absolute atomic E-state index is 0. The van der Waals surface area contributed by atoms with E-state index in [1.807, 2.05) is 18.2 Å². The fraction of sp³-hybridized carbons (Fsp3) is 0.421. The zero-order chi connectivity index (χ0) is 16.6. The third-order valence-corrected chi connectivity index (χ3v) is 4.19. The second-order valence-corrected chi connectivity index (χ2v) is 5.91. The second kappa shape index (κ2) is 10.5. The summed E-state index contributed by atoms with van der Waals surface area (Å²) in [5.41, 5.74) is 1.25. The van der Waals surface area contributed by atoms with Crippen LogP contribution in [0.4, 0.5) is 0 Å². The van der Waals surface area contributed by atoms with Gasteiger partial charge in [-0.3, -0.25) is 0 Å². The summed E-state index contributed by atoms with van der Waals surface area (Å²) in [5, 5.41) is 6.72. The summed E-state index contributed by atoms with van der Waals surface area (Å²) in [5.74, 6) is 2.12. The highest BCUT2D eigenvalue weighted by molar-refractivity contribution is 14.0. The Balaban J connectivity index is 0.00000225. The van der Waals surface area contributed by atoms with Crippen LogP contribution >= 0.6 is 24.0 Å². The number of furan rings is 1. The molecule has 1 saturated heterocycles. The molecule has 0 saturated carbocycles. The second-order valence-electron chi connectivity index (χ2n) is 5.91. The normalized spacial score (nSPS) is 20.1. The first-order valence-electron chi connectivity index (χ1n) is 8.58. The molecule has 1 aromatic carbocycles. The Hall–Kier alpha value is -1.54. The summed E-state index contributed by atoms with van der Waals surface area (Å²) in [6, 6.07) is 14.3. The Morgan fingerprint density at radius 3 is 2.72 bits per heavy atom. The predicted molar refractivity (Wildman–Crippen MR) is 110 cm³/mol. The monoisotopic (exact) mass is 455 g/mol. The Morgan fingerprint density at radius 1 is 1.16 bits per heavy atom. The molecule has 2 atom stereocenters. The van der Waals surface area contributed by atoms with E-state index in [1.54, 1.807) is 6.26 Å². The maximum atomic E-state index is 5.95. The summed E-state index contributed by atoms with van der Waals surface area (Å²) >= 11 is 0. The molecule has 1 aromatic heterocycles. The topological polar surface area (TPSA) is 58.8 Å². The molecule has 2 unspecified atom stereocenters. The molecule has 0 bridgehead atoms. The first-order valence-corrected chi connectivity index (χ1v) is 8.58. The number of aliphatic imine (C=N–C) groups is 1. The number of benzene rings is 1. The van der Waals surface area contributed by atoms with Gasteiger partial charge in [-0.15, -0.1) is 24.0 Å². The minimum atomic E-state index is 0. The van der Waals surface area contributed by atoms with E-state index in [0.717, 1.165) is 37.8 Å². The molecule has 0 spiro atoms. The molecule has 25 heavy (non-hydrogen) atoms. The van der Waals surface area contributed by atoms with Crippen LogP contribution in [0.2, 0.25) is 0 Å². The number of ether oxygens (including phenoxy) is 1. The van der Waals surface area contributed by atoms with Gasteiger partial charge in [0.2, 0.25) is 0 Å². The molecule has 0 aliphatic carbocycles. The molecule has 2 aromatic rings. The lowest BCUT2D eigenvalue weighted by molar-refractivity contribution is 0.0915. The van der Waals surface area contributed by atoms with Crippen LogP contribution in [0.3, 0.4) is 0 Å². The Kier molecular flexibility index (Phi) is 8.27. The van der Waals surface area contributed by atoms with Crippen LogP contribution in [-0.4, -0.2) is 25.7 Å². The zero-order valence-corrected chi connectivity index (χ0v) is 16.8. The van der Waals surface area contributed by atoms with Gasteiger partial charge < -0.3 is 19.8 Å². The number of hydrogen-bond donors (Lipinski definition) is 2. The van der Waals surface area contributed by atoms with Crippen molar-refractivity contribution in [2.75, 3.05) is 19.7 Å². The fourth-order valence-corrected chi connectivity index (χ4v) is 2.98. The smallest absolute Gasteiger partial charge is 0.191 e. The number of hydrogen-bond acceptors (Lipinski definition) is 3. The van der Waals surface area contributed by atoms with Crippen LogP contribution < -0.4 is 10.6 Å². The third-order valence-electron chi connectivity index (χ3n) is 4.19. The van der Waals surface area contributed by atoms with Crippen molar-refractivity contribution >= 4 is 29.9 Å². The molecule has 0 radical (unpaired) electrons. The van der Waals surface area contributed by atoms with E-state index in [0.29, 0.717) is 12.5 Å². The largest absolute Gasteiger partial charge is 0.467 e. The molecular weight excluding hydrogens is 429 g/mol. The zero-order valence-electron chi connectivity index (χ0n) is 14.5. The highest BCUT2D eigenvalue weighted by atomic mass is 127. The summed E-state index contributed by atoms with van der Waals surface area (Å²) in [4.78, 5) is 4.57. The lowest BCUT2D eigenvalue weighted by Gasteiger charge is -2.20. The number of guanidine groups is 1. The van der Waals surface area contributed by atoms with E-state index in [1.165, 1.54) is 5.56 Å². The van der Waals surface area contributed by atoms with Gasteiger partial charge in [0, 0.05) is 25.6 Å². The molecule has 5 nitrogen and oxygen atoms in total. The molecule has 2 N–H and O–H groups in total. The van der Waals surface area contributed by atoms with Crippen molar-refractivity contribution in [2.45, 2.75) is 26.0 Å². The molecule has 3 rings (SSSR count). The van der Waals surface area contributed by atoms with Crippen molar-refractivity contribution in [1.29, 1.82) is 0 Å². The van der Waals surface area contributed by atoms with Gasteiger partial charge in [0.25, 0.3) is 0 Å². The quantitative estimate of drug-likeness (QED) is 0.396. The van der Waals surface area contributed by atoms with Gasteiger partial charge in [0.05, 0.1) is 12.4 Å². The molecule has 6 heteroatoms. The van der Waals surface area contributed by atoms with E-state index in [-0.39, 0.29) is 30.1 Å². The van der Waals surface area contributed by atoms with Crippen molar-refractivity contribution in [3.63, 3.8) is 0 Å². The summed E-state index contributed by atoms with van der Waals surface area (Å²) in [7, 11) is 0. The number of rotatable bonds is 6. The fourth-order valence-electron chi connectivity index (χ4n) is 2.98. The van der Waals surface area contributed by atoms with Gasteiger partial charge in [-0.2, -0.15) is 0 Å². The molecule has 2 heterocycles. The summed E-state index contributed by atoms with van der Waals surface area (Å²) < 4.78 is 11.3. The Morgan fingerprint density at radius 2 is 2.00 bits per heavy atom. The summed E-state index contributed by atoms with van der Waals surface area (Å²) in [6.07, 6.45) is 2.89. The Labute approximate surface area is 166 Å². The van der Waals surface area contributed by atoms with Gasteiger partial charge in [0.1, 0.15) is 12.3 Å². The molecular formula is C19H26IN3O2. The first-order chi connectivity index (χ1) is 11.9. The van der Waals surface area contributed by atoms with E-state index in [9.17, 15) is 0 Å². The minimum Gasteiger partial charge on any atom is -0.467 e.